The van der Waals surface area contributed by atoms with Crippen molar-refractivity contribution in [3.63, 3.8) is 0 Å². The maximum absolute atomic E-state index is 11.8. The highest BCUT2D eigenvalue weighted by atomic mass is 16.2. The molecule has 1 saturated carbocycles. The van der Waals surface area contributed by atoms with Crippen LogP contribution in [0.5, 0.6) is 0 Å². The van der Waals surface area contributed by atoms with Gasteiger partial charge in [-0.15, -0.1) is 6.58 Å². The fourth-order valence-electron chi connectivity index (χ4n) is 2.11. The summed E-state index contributed by atoms with van der Waals surface area (Å²) in [4.78, 5) is 13.6. The lowest BCUT2D eigenvalue weighted by atomic mass is 9.96. The molecule has 0 unspecified atom stereocenters. The minimum atomic E-state index is 0.0796. The molecule has 0 aliphatic heterocycles. The SMILES string of the molecule is C=CCCCN(C)C(=O)NC1CCCCC1. The van der Waals surface area contributed by atoms with Gasteiger partial charge >= 0.3 is 6.03 Å². The third kappa shape index (κ3) is 4.69. The first-order valence-corrected chi connectivity index (χ1v) is 6.36. The number of nitrogens with one attached hydrogen (secondary N) is 1. The van der Waals surface area contributed by atoms with Gasteiger partial charge in [-0.25, -0.2) is 4.79 Å². The lowest BCUT2D eigenvalue weighted by molar-refractivity contribution is 0.200. The molecule has 0 aromatic heterocycles. The summed E-state index contributed by atoms with van der Waals surface area (Å²) in [5, 5.41) is 3.11. The summed E-state index contributed by atoms with van der Waals surface area (Å²) in [6, 6.07) is 0.485. The number of carbonyl (C=O) groups is 1. The monoisotopic (exact) mass is 224 g/mol. The van der Waals surface area contributed by atoms with Crippen LogP contribution in [0.2, 0.25) is 0 Å². The molecular formula is C13H24N2O. The third-order valence-electron chi connectivity index (χ3n) is 3.18. The molecule has 0 spiro atoms. The number of hydrogen-bond donors (Lipinski definition) is 1. The first-order chi connectivity index (χ1) is 7.74. The molecule has 1 N–H and O–H groups in total. The average Bonchev–Trinajstić information content (AvgIpc) is 2.30. The zero-order valence-corrected chi connectivity index (χ0v) is 10.4. The van der Waals surface area contributed by atoms with Crippen LogP contribution in [-0.2, 0) is 0 Å². The number of rotatable bonds is 5. The number of hydrogen-bond acceptors (Lipinski definition) is 1. The minimum absolute atomic E-state index is 0.0796. The highest BCUT2D eigenvalue weighted by molar-refractivity contribution is 5.74. The van der Waals surface area contributed by atoms with Crippen LogP contribution in [0.15, 0.2) is 12.7 Å². The van der Waals surface area contributed by atoms with Crippen molar-refractivity contribution in [1.29, 1.82) is 0 Å². The van der Waals surface area contributed by atoms with Crippen molar-refractivity contribution < 1.29 is 4.79 Å². The van der Waals surface area contributed by atoms with Crippen LogP contribution in [0.4, 0.5) is 4.79 Å². The highest BCUT2D eigenvalue weighted by Crippen LogP contribution is 2.17. The van der Waals surface area contributed by atoms with Gasteiger partial charge in [0, 0.05) is 19.6 Å². The normalized spacial score (nSPS) is 16.8. The van der Waals surface area contributed by atoms with E-state index in [0.717, 1.165) is 32.2 Å². The summed E-state index contributed by atoms with van der Waals surface area (Å²) in [6.07, 6.45) is 9.99. The van der Waals surface area contributed by atoms with Crippen LogP contribution in [0.1, 0.15) is 44.9 Å². The molecule has 1 fully saturated rings. The van der Waals surface area contributed by atoms with E-state index in [0.29, 0.717) is 6.04 Å². The molecule has 0 bridgehead atoms. The van der Waals surface area contributed by atoms with Crippen LogP contribution >= 0.6 is 0 Å². The second-order valence-corrected chi connectivity index (χ2v) is 4.64. The standard InChI is InChI=1S/C13H24N2O/c1-3-4-8-11-15(2)13(16)14-12-9-6-5-7-10-12/h3,12H,1,4-11H2,2H3,(H,14,16). The van der Waals surface area contributed by atoms with Crippen LogP contribution in [0.3, 0.4) is 0 Å². The summed E-state index contributed by atoms with van der Waals surface area (Å²) < 4.78 is 0. The molecule has 2 amide bonds. The summed E-state index contributed by atoms with van der Waals surface area (Å²) in [5.41, 5.74) is 0. The molecule has 1 aliphatic carbocycles. The van der Waals surface area contributed by atoms with Crippen molar-refractivity contribution in [3.05, 3.63) is 12.7 Å². The molecule has 92 valence electrons. The van der Waals surface area contributed by atoms with Crippen LogP contribution < -0.4 is 5.32 Å². The van der Waals surface area contributed by atoms with E-state index in [9.17, 15) is 4.79 Å². The Hall–Kier alpha value is -0.990. The smallest absolute Gasteiger partial charge is 0.317 e. The fourth-order valence-corrected chi connectivity index (χ4v) is 2.11. The van der Waals surface area contributed by atoms with E-state index in [2.05, 4.69) is 11.9 Å². The van der Waals surface area contributed by atoms with Crippen molar-refractivity contribution in [3.8, 4) is 0 Å². The van der Waals surface area contributed by atoms with E-state index in [-0.39, 0.29) is 6.03 Å². The fraction of sp³-hybridized carbons (Fsp3) is 0.769. The maximum Gasteiger partial charge on any atom is 0.317 e. The lowest BCUT2D eigenvalue weighted by Gasteiger charge is -2.26. The summed E-state index contributed by atoms with van der Waals surface area (Å²) in [7, 11) is 1.86. The number of allylic oxidation sites excluding steroid dienone is 1. The topological polar surface area (TPSA) is 32.3 Å². The van der Waals surface area contributed by atoms with E-state index in [4.69, 9.17) is 0 Å². The molecule has 1 rings (SSSR count). The van der Waals surface area contributed by atoms with E-state index >= 15 is 0 Å². The summed E-state index contributed by atoms with van der Waals surface area (Å²) >= 11 is 0. The molecule has 3 heteroatoms. The predicted molar refractivity (Wildman–Crippen MR) is 67.5 cm³/mol. The Morgan fingerprint density at radius 1 is 1.44 bits per heavy atom. The average molecular weight is 224 g/mol. The van der Waals surface area contributed by atoms with Crippen LogP contribution in [0.25, 0.3) is 0 Å². The van der Waals surface area contributed by atoms with Crippen molar-refractivity contribution in [2.45, 2.75) is 51.0 Å². The molecule has 0 aromatic carbocycles. The first kappa shape index (κ1) is 13.1. The molecular weight excluding hydrogens is 200 g/mol. The lowest BCUT2D eigenvalue weighted by Crippen LogP contribution is -2.44. The Morgan fingerprint density at radius 2 is 2.12 bits per heavy atom. The van der Waals surface area contributed by atoms with Gasteiger partial charge in [-0.05, 0) is 25.7 Å². The van der Waals surface area contributed by atoms with Gasteiger partial charge in [0.1, 0.15) is 0 Å². The molecule has 0 heterocycles. The largest absolute Gasteiger partial charge is 0.335 e. The third-order valence-corrected chi connectivity index (χ3v) is 3.18. The number of carbonyl (C=O) groups excluding carboxylic acids is 1. The number of urea groups is 1. The molecule has 3 nitrogen and oxygen atoms in total. The molecule has 1 aliphatic rings. The molecule has 16 heavy (non-hydrogen) atoms. The molecule has 0 aromatic rings. The second-order valence-electron chi connectivity index (χ2n) is 4.64. The van der Waals surface area contributed by atoms with Gasteiger partial charge in [0.15, 0.2) is 0 Å². The second kappa shape index (κ2) is 7.31. The van der Waals surface area contributed by atoms with Crippen molar-refractivity contribution in [1.82, 2.24) is 10.2 Å². The van der Waals surface area contributed by atoms with Gasteiger partial charge in [0.25, 0.3) is 0 Å². The Bertz CT molecular complexity index is 222. The van der Waals surface area contributed by atoms with Gasteiger partial charge in [-0.3, -0.25) is 0 Å². The first-order valence-electron chi connectivity index (χ1n) is 6.36. The molecule has 0 atom stereocenters. The Kier molecular flexibility index (Phi) is 5.98. The zero-order chi connectivity index (χ0) is 11.8. The van der Waals surface area contributed by atoms with Gasteiger partial charge in [0.2, 0.25) is 0 Å². The zero-order valence-electron chi connectivity index (χ0n) is 10.4. The Balaban J connectivity index is 2.19. The van der Waals surface area contributed by atoms with Crippen LogP contribution in [-0.4, -0.2) is 30.6 Å². The Labute approximate surface area is 98.9 Å². The van der Waals surface area contributed by atoms with Gasteiger partial charge in [0.05, 0.1) is 0 Å². The van der Waals surface area contributed by atoms with Crippen molar-refractivity contribution >= 4 is 6.03 Å². The highest BCUT2D eigenvalue weighted by Gasteiger charge is 2.17. The maximum atomic E-state index is 11.8. The van der Waals surface area contributed by atoms with E-state index in [1.165, 1.54) is 19.3 Å². The number of nitrogens with zero attached hydrogens (tertiary/aromatic N) is 1. The van der Waals surface area contributed by atoms with Crippen LogP contribution in [0, 0.1) is 0 Å². The predicted octanol–water partition coefficient (Wildman–Crippen LogP) is 2.93. The molecule has 0 radical (unpaired) electrons. The summed E-state index contributed by atoms with van der Waals surface area (Å²) in [5.74, 6) is 0. The van der Waals surface area contributed by atoms with E-state index in [1.54, 1.807) is 4.90 Å². The van der Waals surface area contributed by atoms with Gasteiger partial charge in [-0.1, -0.05) is 25.3 Å². The van der Waals surface area contributed by atoms with Gasteiger partial charge in [-0.2, -0.15) is 0 Å². The van der Waals surface area contributed by atoms with E-state index in [1.807, 2.05) is 13.1 Å². The minimum Gasteiger partial charge on any atom is -0.335 e. The summed E-state index contributed by atoms with van der Waals surface area (Å²) in [6.45, 7) is 4.49. The van der Waals surface area contributed by atoms with Gasteiger partial charge < -0.3 is 10.2 Å². The van der Waals surface area contributed by atoms with Crippen molar-refractivity contribution in [2.24, 2.45) is 0 Å². The Morgan fingerprint density at radius 3 is 2.75 bits per heavy atom. The number of unbranched alkanes of at least 4 members (excludes halogenated alkanes) is 1. The van der Waals surface area contributed by atoms with E-state index < -0.39 is 0 Å². The number of amides is 2. The molecule has 0 saturated heterocycles. The quantitative estimate of drug-likeness (QED) is 0.565. The van der Waals surface area contributed by atoms with Crippen molar-refractivity contribution in [2.75, 3.05) is 13.6 Å².